The summed E-state index contributed by atoms with van der Waals surface area (Å²) in [4.78, 5) is 26.2. The number of ether oxygens (including phenoxy) is 2. The van der Waals surface area contributed by atoms with E-state index in [4.69, 9.17) is 9.47 Å². The van der Waals surface area contributed by atoms with Crippen LogP contribution in [0, 0.1) is 52.2 Å². The minimum absolute atomic E-state index is 0.0709. The lowest BCUT2D eigenvalue weighted by Crippen LogP contribution is -2.51. The van der Waals surface area contributed by atoms with Gasteiger partial charge in [-0.25, -0.2) is 14.0 Å². The van der Waals surface area contributed by atoms with E-state index in [1.807, 2.05) is 12.1 Å². The Labute approximate surface area is 351 Å². The highest BCUT2D eigenvalue weighted by Gasteiger charge is 2.59. The third kappa shape index (κ3) is 10.7. The maximum absolute atomic E-state index is 15.4. The van der Waals surface area contributed by atoms with Crippen molar-refractivity contribution in [2.75, 3.05) is 0 Å². The van der Waals surface area contributed by atoms with Crippen LogP contribution in [0.4, 0.5) is 4.39 Å². The average molecular weight is 797 g/mol. The summed E-state index contributed by atoms with van der Waals surface area (Å²) in [5, 5.41) is 0. The van der Waals surface area contributed by atoms with Crippen LogP contribution in [-0.4, -0.2) is 18.0 Å². The fourth-order valence-electron chi connectivity index (χ4n) is 12.5. The SMILES string of the molecule is CCCCCCCCCCCCc1ccc(C(=O)Oc2ccc(C(=O)O[C@H]3CC[C@@]4(C)C(=CC[C@H]5[C@@H]6CC[C@H]([C@H](C)CCCC(C)C)[C@@]6(C)CC[C@@H]54)C3)c(F)c2)cc1. The molecular formula is C53H77FO4. The number of rotatable bonds is 20. The Balaban J connectivity index is 0.956. The van der Waals surface area contributed by atoms with Crippen LogP contribution in [0.5, 0.6) is 5.75 Å². The number of esters is 2. The van der Waals surface area contributed by atoms with Crippen molar-refractivity contribution in [1.29, 1.82) is 0 Å². The summed E-state index contributed by atoms with van der Waals surface area (Å²) in [6.45, 7) is 14.6. The van der Waals surface area contributed by atoms with E-state index in [1.165, 1.54) is 126 Å². The molecule has 4 aliphatic carbocycles. The Morgan fingerprint density at radius 3 is 2.17 bits per heavy atom. The molecule has 2 aromatic carbocycles. The number of hydrogen-bond donors (Lipinski definition) is 0. The second-order valence-corrected chi connectivity index (χ2v) is 20.2. The topological polar surface area (TPSA) is 52.6 Å². The minimum Gasteiger partial charge on any atom is -0.458 e. The van der Waals surface area contributed by atoms with Gasteiger partial charge in [-0.05, 0) is 134 Å². The maximum atomic E-state index is 15.4. The van der Waals surface area contributed by atoms with E-state index in [0.29, 0.717) is 16.9 Å². The molecule has 4 nitrogen and oxygen atoms in total. The van der Waals surface area contributed by atoms with Crippen molar-refractivity contribution in [3.05, 3.63) is 76.6 Å². The highest BCUT2D eigenvalue weighted by Crippen LogP contribution is 2.67. The molecule has 0 heterocycles. The van der Waals surface area contributed by atoms with E-state index >= 15 is 4.39 Å². The second kappa shape index (κ2) is 20.5. The summed E-state index contributed by atoms with van der Waals surface area (Å²) >= 11 is 0. The molecular weight excluding hydrogens is 720 g/mol. The molecule has 0 spiro atoms. The van der Waals surface area contributed by atoms with E-state index in [-0.39, 0.29) is 22.8 Å². The van der Waals surface area contributed by atoms with Gasteiger partial charge in [-0.15, -0.1) is 0 Å². The lowest BCUT2D eigenvalue weighted by molar-refractivity contribution is -0.0595. The van der Waals surface area contributed by atoms with Crippen molar-refractivity contribution >= 4 is 11.9 Å². The molecule has 0 bridgehead atoms. The van der Waals surface area contributed by atoms with Crippen LogP contribution < -0.4 is 4.74 Å². The van der Waals surface area contributed by atoms with Gasteiger partial charge in [-0.2, -0.15) is 0 Å². The Kier molecular flexibility index (Phi) is 15.8. The van der Waals surface area contributed by atoms with Gasteiger partial charge in [-0.3, -0.25) is 0 Å². The number of fused-ring (bicyclic) bond motifs is 5. The smallest absolute Gasteiger partial charge is 0.343 e. The van der Waals surface area contributed by atoms with Crippen molar-refractivity contribution < 1.29 is 23.5 Å². The molecule has 0 aliphatic heterocycles. The quantitative estimate of drug-likeness (QED) is 0.0580. The van der Waals surface area contributed by atoms with Gasteiger partial charge in [-0.1, -0.05) is 142 Å². The summed E-state index contributed by atoms with van der Waals surface area (Å²) in [6.07, 6.45) is 29.5. The van der Waals surface area contributed by atoms with Crippen molar-refractivity contribution in [3.8, 4) is 5.75 Å². The second-order valence-electron chi connectivity index (χ2n) is 20.2. The zero-order chi connectivity index (χ0) is 41.3. The van der Waals surface area contributed by atoms with Crippen LogP contribution in [0.15, 0.2) is 54.1 Å². The van der Waals surface area contributed by atoms with Gasteiger partial charge in [0.15, 0.2) is 0 Å². The van der Waals surface area contributed by atoms with Crippen LogP contribution >= 0.6 is 0 Å². The molecule has 4 aliphatic rings. The van der Waals surface area contributed by atoms with Crippen LogP contribution in [-0.2, 0) is 11.2 Å². The van der Waals surface area contributed by atoms with E-state index in [9.17, 15) is 9.59 Å². The van der Waals surface area contributed by atoms with Gasteiger partial charge in [0.1, 0.15) is 17.7 Å². The first-order valence-electron chi connectivity index (χ1n) is 23.9. The lowest BCUT2D eigenvalue weighted by Gasteiger charge is -2.58. The monoisotopic (exact) mass is 797 g/mol. The number of halogens is 1. The van der Waals surface area contributed by atoms with Crippen molar-refractivity contribution in [1.82, 2.24) is 0 Å². The molecule has 3 saturated carbocycles. The highest BCUT2D eigenvalue weighted by molar-refractivity contribution is 5.92. The van der Waals surface area contributed by atoms with Gasteiger partial charge < -0.3 is 9.47 Å². The number of carbonyl (C=O) groups is 2. The normalized spacial score (nSPS) is 28.3. The summed E-state index contributed by atoms with van der Waals surface area (Å²) in [6, 6.07) is 11.5. The van der Waals surface area contributed by atoms with Crippen LogP contribution in [0.25, 0.3) is 0 Å². The number of unbranched alkanes of at least 4 members (excludes halogenated alkanes) is 9. The van der Waals surface area contributed by atoms with E-state index in [0.717, 1.165) is 74.2 Å². The van der Waals surface area contributed by atoms with E-state index in [1.54, 1.807) is 12.1 Å². The first kappa shape index (κ1) is 44.6. The van der Waals surface area contributed by atoms with Gasteiger partial charge in [0.05, 0.1) is 11.1 Å². The maximum Gasteiger partial charge on any atom is 0.343 e. The van der Waals surface area contributed by atoms with Crippen molar-refractivity contribution in [3.63, 3.8) is 0 Å². The molecule has 3 fully saturated rings. The molecule has 8 atom stereocenters. The van der Waals surface area contributed by atoms with Crippen molar-refractivity contribution in [2.45, 2.75) is 189 Å². The highest BCUT2D eigenvalue weighted by atomic mass is 19.1. The molecule has 0 N–H and O–H groups in total. The number of carbonyl (C=O) groups excluding carboxylic acids is 2. The lowest BCUT2D eigenvalue weighted by atomic mass is 9.47. The zero-order valence-electron chi connectivity index (χ0n) is 37.2. The van der Waals surface area contributed by atoms with Gasteiger partial charge in [0, 0.05) is 12.5 Å². The largest absolute Gasteiger partial charge is 0.458 e. The van der Waals surface area contributed by atoms with Gasteiger partial charge in [0.2, 0.25) is 0 Å². The number of aryl methyl sites for hydroxylation is 1. The Bertz CT molecular complexity index is 1680. The molecule has 320 valence electrons. The molecule has 0 aromatic heterocycles. The first-order chi connectivity index (χ1) is 27.9. The predicted octanol–water partition coefficient (Wildman–Crippen LogP) is 15.1. The molecule has 6 rings (SSSR count). The van der Waals surface area contributed by atoms with E-state index in [2.05, 4.69) is 47.6 Å². The minimum atomic E-state index is -0.739. The molecule has 0 saturated heterocycles. The number of benzene rings is 2. The summed E-state index contributed by atoms with van der Waals surface area (Å²) < 4.78 is 26.9. The molecule has 0 amide bonds. The fraction of sp³-hybridized carbons (Fsp3) is 0.698. The predicted molar refractivity (Wildman–Crippen MR) is 236 cm³/mol. The summed E-state index contributed by atoms with van der Waals surface area (Å²) in [5.41, 5.74) is 3.56. The van der Waals surface area contributed by atoms with Crippen molar-refractivity contribution in [2.24, 2.45) is 46.3 Å². The van der Waals surface area contributed by atoms with Crippen LogP contribution in [0.2, 0.25) is 0 Å². The van der Waals surface area contributed by atoms with Crippen LogP contribution in [0.1, 0.15) is 203 Å². The fourth-order valence-corrected chi connectivity index (χ4v) is 12.5. The molecule has 5 heteroatoms. The van der Waals surface area contributed by atoms with Gasteiger partial charge >= 0.3 is 11.9 Å². The Morgan fingerprint density at radius 1 is 0.776 bits per heavy atom. The van der Waals surface area contributed by atoms with E-state index < -0.39 is 17.8 Å². The third-order valence-corrected chi connectivity index (χ3v) is 15.9. The molecule has 0 radical (unpaired) electrons. The molecule has 58 heavy (non-hydrogen) atoms. The molecule has 0 unspecified atom stereocenters. The zero-order valence-corrected chi connectivity index (χ0v) is 37.2. The Morgan fingerprint density at radius 2 is 1.48 bits per heavy atom. The first-order valence-corrected chi connectivity index (χ1v) is 23.9. The number of allylic oxidation sites excluding steroid dienone is 1. The molecule has 2 aromatic rings. The Hall–Kier alpha value is -2.95. The number of hydrogen-bond acceptors (Lipinski definition) is 4. The third-order valence-electron chi connectivity index (χ3n) is 15.9. The summed E-state index contributed by atoms with van der Waals surface area (Å²) in [7, 11) is 0. The standard InChI is InChI=1S/C53H77FO4/c1-7-8-9-10-11-12-13-14-15-16-20-39-21-23-40(24-22-39)50(55)57-42-26-28-45(49(54)36-42)51(56)58-43-31-33-52(5)41(35-43)25-27-44-47-30-29-46(38(4)19-17-18-37(2)3)53(47,6)34-32-48(44)52/h21-26,28,36-38,43-44,46-48H,7-20,27,29-35H2,1-6H3/t38-,43+,44+,46-,47+,48+,52+,53-/m1/s1. The summed E-state index contributed by atoms with van der Waals surface area (Å²) in [5.74, 6) is 2.84. The van der Waals surface area contributed by atoms with Gasteiger partial charge in [0.25, 0.3) is 0 Å². The van der Waals surface area contributed by atoms with Crippen LogP contribution in [0.3, 0.4) is 0 Å². The average Bonchev–Trinajstić information content (AvgIpc) is 3.56.